The Morgan fingerprint density at radius 2 is 1.77 bits per heavy atom. The van der Waals surface area contributed by atoms with Crippen LogP contribution in [0.4, 0.5) is 0 Å². The number of aliphatic carboxylic acids is 1. The number of nitrogens with one attached hydrogen (secondary N) is 1. The van der Waals surface area contributed by atoms with Crippen LogP contribution in [0.1, 0.15) is 36.3 Å². The molecule has 0 radical (unpaired) electrons. The van der Waals surface area contributed by atoms with Crippen molar-refractivity contribution in [1.82, 2.24) is 10.2 Å². The number of benzene rings is 2. The average Bonchev–Trinajstić information content (AvgIpc) is 3.61. The van der Waals surface area contributed by atoms with E-state index in [4.69, 9.17) is 23.9 Å². The molecular formula is C27H33N3O9S. The van der Waals surface area contributed by atoms with Crippen molar-refractivity contribution < 1.29 is 41.9 Å². The zero-order valence-electron chi connectivity index (χ0n) is 22.5. The number of amides is 1. The van der Waals surface area contributed by atoms with Gasteiger partial charge in [0, 0.05) is 36.7 Å². The number of carboxylic acids is 1. The number of hydrogen-bond donors (Lipinski definition) is 3. The Morgan fingerprint density at radius 3 is 2.30 bits per heavy atom. The van der Waals surface area contributed by atoms with Gasteiger partial charge in [-0.2, -0.15) is 13.7 Å². The Kier molecular flexibility index (Phi) is 10.3. The fraction of sp³-hybridized carbons (Fsp3) is 0.444. The van der Waals surface area contributed by atoms with Crippen molar-refractivity contribution >= 4 is 22.0 Å². The number of methoxy groups -OCH3 is 2. The number of likely N-dealkylation sites (tertiary alicyclic amines) is 1. The van der Waals surface area contributed by atoms with Gasteiger partial charge >= 0.3 is 5.97 Å². The maximum Gasteiger partial charge on any atom is 0.341 e. The lowest BCUT2D eigenvalue weighted by molar-refractivity contribution is -0.139. The maximum atomic E-state index is 12.9. The number of rotatable bonds is 8. The molecule has 0 aromatic heterocycles. The highest BCUT2D eigenvalue weighted by Crippen LogP contribution is 2.42. The molecule has 2 fully saturated rings. The molecule has 0 unspecified atom stereocenters. The van der Waals surface area contributed by atoms with Crippen LogP contribution in [0.15, 0.2) is 41.3 Å². The molecule has 2 saturated heterocycles. The van der Waals surface area contributed by atoms with Gasteiger partial charge in [-0.3, -0.25) is 9.35 Å². The fourth-order valence-electron chi connectivity index (χ4n) is 4.76. The number of carbonyl (C=O) groups excluding carboxylic acids is 1. The van der Waals surface area contributed by atoms with E-state index in [1.165, 1.54) is 26.4 Å². The molecule has 2 heterocycles. The molecule has 0 saturated carbocycles. The molecule has 3 atom stereocenters. The van der Waals surface area contributed by atoms with Gasteiger partial charge in [0.15, 0.2) is 6.61 Å². The third kappa shape index (κ3) is 7.62. The van der Waals surface area contributed by atoms with E-state index in [0.717, 1.165) is 24.0 Å². The van der Waals surface area contributed by atoms with Gasteiger partial charge in [-0.05, 0) is 38.3 Å². The number of carboxylic acid groups (broad SMARTS) is 1. The highest BCUT2D eigenvalue weighted by molar-refractivity contribution is 7.85. The van der Waals surface area contributed by atoms with Crippen LogP contribution in [0.3, 0.4) is 0 Å². The van der Waals surface area contributed by atoms with Crippen molar-refractivity contribution in [2.45, 2.75) is 49.1 Å². The van der Waals surface area contributed by atoms with Crippen molar-refractivity contribution in [3.05, 3.63) is 47.5 Å². The topological polar surface area (TPSA) is 175 Å². The summed E-state index contributed by atoms with van der Waals surface area (Å²) >= 11 is 0. The minimum Gasteiger partial charge on any atom is -0.496 e. The van der Waals surface area contributed by atoms with Gasteiger partial charge in [0.2, 0.25) is 5.91 Å². The quantitative estimate of drug-likeness (QED) is 0.394. The first-order chi connectivity index (χ1) is 19.0. The lowest BCUT2D eigenvalue weighted by atomic mass is 9.93. The second-order valence-electron chi connectivity index (χ2n) is 9.42. The van der Waals surface area contributed by atoms with Crippen LogP contribution in [-0.4, -0.2) is 80.9 Å². The van der Waals surface area contributed by atoms with Crippen LogP contribution in [-0.2, 0) is 19.7 Å². The van der Waals surface area contributed by atoms with Gasteiger partial charge < -0.3 is 29.5 Å². The summed E-state index contributed by atoms with van der Waals surface area (Å²) in [4.78, 5) is 25.2. The predicted octanol–water partition coefficient (Wildman–Crippen LogP) is 2.37. The average molecular weight is 576 g/mol. The molecule has 13 heteroatoms. The van der Waals surface area contributed by atoms with E-state index in [1.807, 2.05) is 6.92 Å². The molecule has 12 nitrogen and oxygen atoms in total. The van der Waals surface area contributed by atoms with Crippen molar-refractivity contribution in [3.63, 3.8) is 0 Å². The molecule has 0 aliphatic carbocycles. The molecule has 0 spiro atoms. The van der Waals surface area contributed by atoms with Crippen LogP contribution < -0.4 is 19.5 Å². The number of aryl methyl sites for hydroxylation is 1. The van der Waals surface area contributed by atoms with Crippen molar-refractivity contribution in [1.29, 1.82) is 5.26 Å². The first-order valence-corrected chi connectivity index (χ1v) is 14.0. The summed E-state index contributed by atoms with van der Waals surface area (Å²) in [6.07, 6.45) is 2.12. The van der Waals surface area contributed by atoms with Gasteiger partial charge in [0.25, 0.3) is 10.1 Å². The van der Waals surface area contributed by atoms with Gasteiger partial charge in [-0.15, -0.1) is 0 Å². The number of nitrogens with zero attached hydrogens (tertiary/aromatic N) is 2. The lowest BCUT2D eigenvalue weighted by Gasteiger charge is -2.23. The number of hydrogen-bond acceptors (Lipinski definition) is 9. The summed E-state index contributed by atoms with van der Waals surface area (Å²) in [5.74, 6) is 0.200. The van der Waals surface area contributed by atoms with Crippen molar-refractivity contribution in [3.8, 4) is 23.3 Å². The Morgan fingerprint density at radius 1 is 1.15 bits per heavy atom. The van der Waals surface area contributed by atoms with Crippen LogP contribution in [0.25, 0.3) is 0 Å². The molecule has 216 valence electrons. The Balaban J connectivity index is 0.000000336. The van der Waals surface area contributed by atoms with Crippen LogP contribution in [0.2, 0.25) is 0 Å². The Labute approximate surface area is 233 Å². The SMILES string of the molecule is COc1cc(OCC(=O)O)cc(OC)c1[C@@H]1CN[C@H](C(=O)N2CCC[C@H]2C#N)C1.Cc1ccc(S(=O)(=O)O)cc1. The summed E-state index contributed by atoms with van der Waals surface area (Å²) in [6, 6.07) is 10.7. The standard InChI is InChI=1S/C20H25N3O6.C7H8O3S/c1-27-16-7-14(29-11-18(24)25)8-17(28-2)19(16)12-6-15(22-10-12)20(26)23-5-3-4-13(23)9-21;1-6-2-4-7(5-3-6)11(8,9)10/h7-8,12-13,15,22H,3-6,10-11H2,1-2H3,(H,24,25);2-5H,1H3,(H,8,9,10)/t12-,13-,15-;/m0./s1. The van der Waals surface area contributed by atoms with E-state index in [9.17, 15) is 23.3 Å². The smallest absolute Gasteiger partial charge is 0.341 e. The van der Waals surface area contributed by atoms with E-state index in [-0.39, 0.29) is 28.8 Å². The Hall–Kier alpha value is -3.86. The zero-order valence-corrected chi connectivity index (χ0v) is 23.3. The molecule has 2 aromatic rings. The monoisotopic (exact) mass is 575 g/mol. The molecular weight excluding hydrogens is 542 g/mol. The summed E-state index contributed by atoms with van der Waals surface area (Å²) in [5, 5.41) is 21.3. The van der Waals surface area contributed by atoms with Gasteiger partial charge in [0.1, 0.15) is 23.3 Å². The highest BCUT2D eigenvalue weighted by Gasteiger charge is 2.39. The maximum absolute atomic E-state index is 12.9. The highest BCUT2D eigenvalue weighted by atomic mass is 32.2. The molecule has 2 aliphatic rings. The van der Waals surface area contributed by atoms with E-state index in [0.29, 0.717) is 36.8 Å². The van der Waals surface area contributed by atoms with Crippen LogP contribution in [0, 0.1) is 18.3 Å². The molecule has 2 aliphatic heterocycles. The minimum absolute atomic E-state index is 0.0366. The minimum atomic E-state index is -4.02. The molecule has 0 bridgehead atoms. The van der Waals surface area contributed by atoms with E-state index < -0.39 is 22.7 Å². The second kappa shape index (κ2) is 13.5. The number of carbonyl (C=O) groups is 2. The summed E-state index contributed by atoms with van der Waals surface area (Å²) in [5.41, 5.74) is 1.76. The van der Waals surface area contributed by atoms with Crippen molar-refractivity contribution in [2.24, 2.45) is 0 Å². The van der Waals surface area contributed by atoms with E-state index in [2.05, 4.69) is 11.4 Å². The van der Waals surface area contributed by atoms with Gasteiger partial charge in [0.05, 0.1) is 31.2 Å². The first kappa shape index (κ1) is 30.7. The zero-order chi connectivity index (χ0) is 29.4. The fourth-order valence-corrected chi connectivity index (χ4v) is 5.24. The number of nitriles is 1. The molecule has 40 heavy (non-hydrogen) atoms. The third-order valence-corrected chi connectivity index (χ3v) is 7.59. The number of ether oxygens (including phenoxy) is 3. The normalized spacial score (nSPS) is 20.2. The van der Waals surface area contributed by atoms with Gasteiger partial charge in [-0.25, -0.2) is 4.79 Å². The van der Waals surface area contributed by atoms with Gasteiger partial charge in [-0.1, -0.05) is 17.7 Å². The molecule has 4 rings (SSSR count). The van der Waals surface area contributed by atoms with Crippen LogP contribution in [0.5, 0.6) is 17.2 Å². The third-order valence-electron chi connectivity index (χ3n) is 6.72. The molecule has 2 aromatic carbocycles. The van der Waals surface area contributed by atoms with Crippen LogP contribution >= 0.6 is 0 Å². The Bertz CT molecular complexity index is 1330. The summed E-state index contributed by atoms with van der Waals surface area (Å²) in [7, 11) is -0.980. The molecule has 3 N–H and O–H groups in total. The lowest BCUT2D eigenvalue weighted by Crippen LogP contribution is -2.45. The second-order valence-corrected chi connectivity index (χ2v) is 10.8. The van der Waals surface area contributed by atoms with E-state index >= 15 is 0 Å². The van der Waals surface area contributed by atoms with E-state index in [1.54, 1.807) is 29.2 Å². The summed E-state index contributed by atoms with van der Waals surface area (Å²) < 4.78 is 45.8. The van der Waals surface area contributed by atoms with Crippen molar-refractivity contribution in [2.75, 3.05) is 33.9 Å². The first-order valence-electron chi connectivity index (χ1n) is 12.6. The predicted molar refractivity (Wildman–Crippen MR) is 143 cm³/mol. The largest absolute Gasteiger partial charge is 0.496 e. The molecule has 1 amide bonds. The summed E-state index contributed by atoms with van der Waals surface area (Å²) in [6.45, 7) is 2.54.